The maximum absolute atomic E-state index is 13.0. The molecule has 2 aliphatic rings. The summed E-state index contributed by atoms with van der Waals surface area (Å²) in [7, 11) is 1.88. The molecule has 2 bridgehead atoms. The number of imidazole rings is 1. The average molecular weight is 340 g/mol. The molecule has 2 aromatic rings. The zero-order valence-corrected chi connectivity index (χ0v) is 14.8. The zero-order chi connectivity index (χ0) is 17.6. The number of fused-ring (bicyclic) bond motifs is 4. The van der Waals surface area contributed by atoms with Crippen molar-refractivity contribution in [1.29, 1.82) is 0 Å². The Bertz CT molecular complexity index is 828. The SMILES string of the molecule is Cc1nc2ccccc2n1CC(=O)N1C[C@H]2CCC[C@@H](C1)N(C)C2=O. The van der Waals surface area contributed by atoms with Crippen LogP contribution in [-0.4, -0.2) is 57.3 Å². The quantitative estimate of drug-likeness (QED) is 0.838. The molecule has 2 saturated heterocycles. The van der Waals surface area contributed by atoms with E-state index >= 15 is 0 Å². The van der Waals surface area contributed by atoms with E-state index in [0.29, 0.717) is 13.1 Å². The topological polar surface area (TPSA) is 58.4 Å². The van der Waals surface area contributed by atoms with Crippen LogP contribution in [0, 0.1) is 12.8 Å². The number of amides is 2. The fourth-order valence-electron chi connectivity index (χ4n) is 4.20. The molecular formula is C19H24N4O2. The highest BCUT2D eigenvalue weighted by Gasteiger charge is 2.38. The molecule has 2 atom stereocenters. The van der Waals surface area contributed by atoms with Crippen LogP contribution in [0.4, 0.5) is 0 Å². The van der Waals surface area contributed by atoms with Crippen molar-refractivity contribution in [3.8, 4) is 0 Å². The molecule has 0 saturated carbocycles. The van der Waals surface area contributed by atoms with Crippen molar-refractivity contribution in [3.05, 3.63) is 30.1 Å². The highest BCUT2D eigenvalue weighted by atomic mass is 16.2. The number of para-hydroxylation sites is 2. The van der Waals surface area contributed by atoms with Crippen LogP contribution in [0.5, 0.6) is 0 Å². The molecule has 4 rings (SSSR count). The van der Waals surface area contributed by atoms with E-state index in [1.54, 1.807) is 0 Å². The molecule has 0 unspecified atom stereocenters. The molecule has 132 valence electrons. The van der Waals surface area contributed by atoms with Gasteiger partial charge < -0.3 is 14.4 Å². The Kier molecular flexibility index (Phi) is 3.98. The van der Waals surface area contributed by atoms with Crippen LogP contribution in [-0.2, 0) is 16.1 Å². The van der Waals surface area contributed by atoms with Crippen LogP contribution in [0.25, 0.3) is 11.0 Å². The van der Waals surface area contributed by atoms with Crippen LogP contribution in [0.1, 0.15) is 25.1 Å². The van der Waals surface area contributed by atoms with Crippen LogP contribution >= 0.6 is 0 Å². The van der Waals surface area contributed by atoms with Gasteiger partial charge in [-0.3, -0.25) is 9.59 Å². The summed E-state index contributed by atoms with van der Waals surface area (Å²) in [6.07, 6.45) is 2.94. The number of carbonyl (C=O) groups excluding carboxylic acids is 2. The maximum Gasteiger partial charge on any atom is 0.242 e. The molecule has 3 heterocycles. The average Bonchev–Trinajstić information content (AvgIpc) is 2.75. The molecule has 0 aliphatic carbocycles. The predicted molar refractivity (Wildman–Crippen MR) is 94.9 cm³/mol. The largest absolute Gasteiger partial charge is 0.341 e. The number of likely N-dealkylation sites (tertiary alicyclic amines) is 1. The summed E-state index contributed by atoms with van der Waals surface area (Å²) in [5.41, 5.74) is 1.90. The van der Waals surface area contributed by atoms with Crippen LogP contribution in [0.2, 0.25) is 0 Å². The number of benzene rings is 1. The summed E-state index contributed by atoms with van der Waals surface area (Å²) in [4.78, 5) is 33.8. The minimum atomic E-state index is -0.0536. The van der Waals surface area contributed by atoms with Gasteiger partial charge in [0.15, 0.2) is 0 Å². The number of hydrogen-bond acceptors (Lipinski definition) is 3. The first kappa shape index (κ1) is 16.1. The molecule has 2 fully saturated rings. The maximum atomic E-state index is 13.0. The second kappa shape index (κ2) is 6.17. The fraction of sp³-hybridized carbons (Fsp3) is 0.526. The Hall–Kier alpha value is -2.37. The second-order valence-electron chi connectivity index (χ2n) is 7.26. The van der Waals surface area contributed by atoms with Gasteiger partial charge >= 0.3 is 0 Å². The van der Waals surface area contributed by atoms with Crippen molar-refractivity contribution in [2.45, 2.75) is 38.8 Å². The molecule has 6 heteroatoms. The lowest BCUT2D eigenvalue weighted by molar-refractivity contribution is -0.134. The second-order valence-corrected chi connectivity index (χ2v) is 7.26. The summed E-state index contributed by atoms with van der Waals surface area (Å²) in [6, 6.07) is 8.03. The first-order valence-electron chi connectivity index (χ1n) is 9.01. The summed E-state index contributed by atoms with van der Waals surface area (Å²) >= 11 is 0. The number of aryl methyl sites for hydroxylation is 1. The number of aromatic nitrogens is 2. The molecule has 0 spiro atoms. The van der Waals surface area contributed by atoms with Crippen LogP contribution in [0.3, 0.4) is 0 Å². The van der Waals surface area contributed by atoms with E-state index in [1.807, 2.05) is 52.6 Å². The lowest BCUT2D eigenvalue weighted by Gasteiger charge is -2.29. The Morgan fingerprint density at radius 3 is 2.88 bits per heavy atom. The van der Waals surface area contributed by atoms with Gasteiger partial charge in [-0.15, -0.1) is 0 Å². The highest BCUT2D eigenvalue weighted by Crippen LogP contribution is 2.27. The molecular weight excluding hydrogens is 316 g/mol. The van der Waals surface area contributed by atoms with E-state index < -0.39 is 0 Å². The lowest BCUT2D eigenvalue weighted by atomic mass is 9.99. The van der Waals surface area contributed by atoms with Crippen LogP contribution < -0.4 is 0 Å². The van der Waals surface area contributed by atoms with E-state index in [1.165, 1.54) is 0 Å². The monoisotopic (exact) mass is 340 g/mol. The molecule has 2 aliphatic heterocycles. The van der Waals surface area contributed by atoms with Gasteiger partial charge in [0.2, 0.25) is 11.8 Å². The van der Waals surface area contributed by atoms with Gasteiger partial charge in [-0.2, -0.15) is 0 Å². The van der Waals surface area contributed by atoms with Gasteiger partial charge in [-0.1, -0.05) is 18.6 Å². The van der Waals surface area contributed by atoms with E-state index in [2.05, 4.69) is 4.98 Å². The minimum absolute atomic E-state index is 0.0536. The predicted octanol–water partition coefficient (Wildman–Crippen LogP) is 1.81. The molecule has 6 nitrogen and oxygen atoms in total. The van der Waals surface area contributed by atoms with Gasteiger partial charge in [0.25, 0.3) is 0 Å². The van der Waals surface area contributed by atoms with Gasteiger partial charge in [0.1, 0.15) is 12.4 Å². The third-order valence-electron chi connectivity index (χ3n) is 5.70. The minimum Gasteiger partial charge on any atom is -0.341 e. The molecule has 1 aromatic heterocycles. The normalized spacial score (nSPS) is 23.8. The van der Waals surface area contributed by atoms with Crippen molar-refractivity contribution in [2.75, 3.05) is 20.1 Å². The van der Waals surface area contributed by atoms with Crippen molar-refractivity contribution < 1.29 is 9.59 Å². The van der Waals surface area contributed by atoms with E-state index in [4.69, 9.17) is 0 Å². The summed E-state index contributed by atoms with van der Waals surface area (Å²) in [6.45, 7) is 3.40. The van der Waals surface area contributed by atoms with Crippen molar-refractivity contribution >= 4 is 22.8 Å². The Morgan fingerprint density at radius 2 is 2.04 bits per heavy atom. The number of carbonyl (C=O) groups is 2. The summed E-state index contributed by atoms with van der Waals surface area (Å²) in [5, 5.41) is 0. The Balaban J connectivity index is 1.59. The van der Waals surface area contributed by atoms with Crippen molar-refractivity contribution in [2.24, 2.45) is 5.92 Å². The Labute approximate surface area is 147 Å². The molecule has 1 aromatic carbocycles. The van der Waals surface area contributed by atoms with E-state index in [0.717, 1.165) is 36.1 Å². The summed E-state index contributed by atoms with van der Waals surface area (Å²) < 4.78 is 1.98. The van der Waals surface area contributed by atoms with Crippen molar-refractivity contribution in [1.82, 2.24) is 19.4 Å². The fourth-order valence-corrected chi connectivity index (χ4v) is 4.20. The first-order chi connectivity index (χ1) is 12.0. The van der Waals surface area contributed by atoms with Crippen molar-refractivity contribution in [3.63, 3.8) is 0 Å². The van der Waals surface area contributed by atoms with Gasteiger partial charge in [-0.25, -0.2) is 4.98 Å². The lowest BCUT2D eigenvalue weighted by Crippen LogP contribution is -2.43. The smallest absolute Gasteiger partial charge is 0.242 e. The third-order valence-corrected chi connectivity index (χ3v) is 5.70. The molecule has 25 heavy (non-hydrogen) atoms. The van der Waals surface area contributed by atoms with Crippen LogP contribution in [0.15, 0.2) is 24.3 Å². The number of nitrogens with zero attached hydrogens (tertiary/aromatic N) is 4. The van der Waals surface area contributed by atoms with Gasteiger partial charge in [0, 0.05) is 26.2 Å². The third kappa shape index (κ3) is 2.79. The molecule has 0 radical (unpaired) electrons. The molecule has 2 amide bonds. The molecule has 0 N–H and O–H groups in total. The summed E-state index contributed by atoms with van der Waals surface area (Å²) in [5.74, 6) is 1.06. The van der Waals surface area contributed by atoms with Gasteiger partial charge in [-0.05, 0) is 31.9 Å². The Morgan fingerprint density at radius 1 is 1.24 bits per heavy atom. The number of rotatable bonds is 2. The number of hydrogen-bond donors (Lipinski definition) is 0. The number of likely N-dealkylation sites (N-methyl/N-ethyl adjacent to an activating group) is 1. The highest BCUT2D eigenvalue weighted by molar-refractivity contribution is 5.84. The standard InChI is InChI=1S/C19H24N4O2/c1-13-20-16-8-3-4-9-17(16)23(13)12-18(24)22-10-14-6-5-7-15(11-22)21(2)19(14)25/h3-4,8-9,14-15H,5-7,10-12H2,1-2H3/t14-,15+/m1/s1. The van der Waals surface area contributed by atoms with E-state index in [-0.39, 0.29) is 30.3 Å². The van der Waals surface area contributed by atoms with Gasteiger partial charge in [0.05, 0.1) is 17.0 Å². The first-order valence-corrected chi connectivity index (χ1v) is 9.01. The van der Waals surface area contributed by atoms with E-state index in [9.17, 15) is 9.59 Å². The zero-order valence-electron chi connectivity index (χ0n) is 14.8.